The molecule has 204 valence electrons. The molecule has 0 atom stereocenters. The lowest BCUT2D eigenvalue weighted by molar-refractivity contribution is 0.601. The summed E-state index contributed by atoms with van der Waals surface area (Å²) in [5, 5.41) is 3.57. The number of hydrogen-bond acceptors (Lipinski definition) is 3. The van der Waals surface area contributed by atoms with E-state index in [4.69, 9.17) is 15.0 Å². The molecule has 4 aromatic carbocycles. The van der Waals surface area contributed by atoms with E-state index in [9.17, 15) is 0 Å². The monoisotopic (exact) mass is 553 g/mol. The van der Waals surface area contributed by atoms with Crippen LogP contribution in [-0.2, 0) is 5.41 Å². The van der Waals surface area contributed by atoms with Crippen LogP contribution in [0.2, 0.25) is 0 Å². The fraction of sp³-hybridized carbons (Fsp3) is 0.0789. The second-order valence-electron chi connectivity index (χ2n) is 11.7. The molecule has 5 heteroatoms. The molecular formula is C38H27N5. The molecule has 0 unspecified atom stereocenters. The van der Waals surface area contributed by atoms with Crippen molar-refractivity contribution in [2.24, 2.45) is 0 Å². The van der Waals surface area contributed by atoms with E-state index in [2.05, 4.69) is 132 Å². The van der Waals surface area contributed by atoms with Crippen molar-refractivity contribution >= 4 is 32.7 Å². The Morgan fingerprint density at radius 1 is 0.581 bits per heavy atom. The summed E-state index contributed by atoms with van der Waals surface area (Å²) in [7, 11) is 0. The zero-order chi connectivity index (χ0) is 28.7. The Morgan fingerprint density at radius 3 is 1.88 bits per heavy atom. The Morgan fingerprint density at radius 2 is 1.19 bits per heavy atom. The molecule has 1 aliphatic rings. The molecule has 43 heavy (non-hydrogen) atoms. The Hall–Kier alpha value is -5.55. The van der Waals surface area contributed by atoms with Gasteiger partial charge in [-0.25, -0.2) is 4.98 Å². The van der Waals surface area contributed by atoms with Crippen LogP contribution in [0.15, 0.2) is 128 Å². The Kier molecular flexibility index (Phi) is 4.89. The van der Waals surface area contributed by atoms with Gasteiger partial charge in [-0.15, -0.1) is 0 Å². The van der Waals surface area contributed by atoms with Crippen LogP contribution < -0.4 is 0 Å². The maximum Gasteiger partial charge on any atom is 0.237 e. The minimum atomic E-state index is -0.324. The zero-order valence-electron chi connectivity index (χ0n) is 23.9. The van der Waals surface area contributed by atoms with E-state index >= 15 is 0 Å². The number of nitrogens with zero attached hydrogens (tertiary/aromatic N) is 5. The van der Waals surface area contributed by atoms with Crippen molar-refractivity contribution < 1.29 is 0 Å². The highest BCUT2D eigenvalue weighted by Crippen LogP contribution is 2.52. The van der Waals surface area contributed by atoms with Crippen molar-refractivity contribution in [2.45, 2.75) is 19.3 Å². The quantitative estimate of drug-likeness (QED) is 0.220. The number of aromatic nitrogens is 5. The lowest BCUT2D eigenvalue weighted by Crippen LogP contribution is -2.21. The molecule has 0 radical (unpaired) electrons. The third-order valence-corrected chi connectivity index (χ3v) is 8.92. The molecule has 0 fully saturated rings. The number of fused-ring (bicyclic) bond motifs is 8. The van der Waals surface area contributed by atoms with Gasteiger partial charge in [0, 0.05) is 56.2 Å². The number of hydrogen-bond donors (Lipinski definition) is 0. The molecule has 0 saturated carbocycles. The van der Waals surface area contributed by atoms with Gasteiger partial charge in [-0.3, -0.25) is 14.1 Å². The molecule has 0 amide bonds. The van der Waals surface area contributed by atoms with Crippen LogP contribution in [0.25, 0.3) is 66.9 Å². The van der Waals surface area contributed by atoms with Gasteiger partial charge < -0.3 is 0 Å². The van der Waals surface area contributed by atoms with Gasteiger partial charge >= 0.3 is 0 Å². The first-order valence-electron chi connectivity index (χ1n) is 14.6. The van der Waals surface area contributed by atoms with Crippen molar-refractivity contribution in [2.75, 3.05) is 0 Å². The molecule has 0 saturated heterocycles. The van der Waals surface area contributed by atoms with Gasteiger partial charge in [-0.2, -0.15) is 4.98 Å². The third kappa shape index (κ3) is 3.30. The molecule has 1 aliphatic carbocycles. The van der Waals surface area contributed by atoms with Crippen molar-refractivity contribution in [1.82, 2.24) is 24.1 Å². The number of rotatable bonds is 3. The SMILES string of the molecule is CC1(C)c2ncccc2-c2c1n(-c1cc(-c3ccccc3)nc(-n3c4ccccc4c4ccccc43)n1)c1ccccc21. The van der Waals surface area contributed by atoms with Gasteiger partial charge in [0.25, 0.3) is 0 Å². The molecule has 0 spiro atoms. The maximum atomic E-state index is 5.39. The van der Waals surface area contributed by atoms with E-state index in [0.717, 1.165) is 39.3 Å². The van der Waals surface area contributed by atoms with Crippen LogP contribution in [0.4, 0.5) is 0 Å². The fourth-order valence-electron chi connectivity index (χ4n) is 7.09. The highest BCUT2D eigenvalue weighted by Gasteiger charge is 2.42. The Balaban J connectivity index is 1.42. The molecular weight excluding hydrogens is 526 g/mol. The minimum absolute atomic E-state index is 0.324. The second-order valence-corrected chi connectivity index (χ2v) is 11.7. The van der Waals surface area contributed by atoms with Crippen LogP contribution in [0.1, 0.15) is 25.2 Å². The van der Waals surface area contributed by atoms with Crippen molar-refractivity contribution in [1.29, 1.82) is 0 Å². The highest BCUT2D eigenvalue weighted by atomic mass is 15.2. The predicted octanol–water partition coefficient (Wildman–Crippen LogP) is 8.89. The van der Waals surface area contributed by atoms with Crippen LogP contribution in [0.3, 0.4) is 0 Å². The molecule has 0 bridgehead atoms. The lowest BCUT2D eigenvalue weighted by Gasteiger charge is -2.23. The second kappa shape index (κ2) is 8.73. The molecule has 4 aromatic heterocycles. The summed E-state index contributed by atoms with van der Waals surface area (Å²) in [6, 6.07) is 42.4. The summed E-state index contributed by atoms with van der Waals surface area (Å²) in [6.45, 7) is 4.54. The summed E-state index contributed by atoms with van der Waals surface area (Å²) >= 11 is 0. The Labute approximate surface area is 248 Å². The van der Waals surface area contributed by atoms with Gasteiger partial charge in [-0.1, -0.05) is 91.0 Å². The summed E-state index contributed by atoms with van der Waals surface area (Å²) < 4.78 is 4.55. The van der Waals surface area contributed by atoms with E-state index < -0.39 is 0 Å². The van der Waals surface area contributed by atoms with Crippen LogP contribution >= 0.6 is 0 Å². The zero-order valence-corrected chi connectivity index (χ0v) is 23.9. The average molecular weight is 554 g/mol. The maximum absolute atomic E-state index is 5.39. The highest BCUT2D eigenvalue weighted by molar-refractivity contribution is 6.09. The topological polar surface area (TPSA) is 48.5 Å². The fourth-order valence-corrected chi connectivity index (χ4v) is 7.09. The number of pyridine rings is 1. The van der Waals surface area contributed by atoms with Crippen LogP contribution in [-0.4, -0.2) is 24.1 Å². The third-order valence-electron chi connectivity index (χ3n) is 8.92. The van der Waals surface area contributed by atoms with Gasteiger partial charge in [0.15, 0.2) is 0 Å². The normalized spacial score (nSPS) is 13.5. The largest absolute Gasteiger partial charge is 0.296 e. The van der Waals surface area contributed by atoms with E-state index in [1.54, 1.807) is 0 Å². The van der Waals surface area contributed by atoms with E-state index in [0.29, 0.717) is 5.95 Å². The summed E-state index contributed by atoms with van der Waals surface area (Å²) in [5.41, 5.74) is 9.62. The summed E-state index contributed by atoms with van der Waals surface area (Å²) in [5.74, 6) is 1.48. The van der Waals surface area contributed by atoms with Gasteiger partial charge in [-0.05, 0) is 38.1 Å². The smallest absolute Gasteiger partial charge is 0.237 e. The molecule has 8 aromatic rings. The molecule has 4 heterocycles. The van der Waals surface area contributed by atoms with Crippen LogP contribution in [0.5, 0.6) is 0 Å². The van der Waals surface area contributed by atoms with Crippen molar-refractivity contribution in [3.8, 4) is 34.2 Å². The summed E-state index contributed by atoms with van der Waals surface area (Å²) in [6.07, 6.45) is 1.90. The molecule has 9 rings (SSSR count). The van der Waals surface area contributed by atoms with Gasteiger partial charge in [0.1, 0.15) is 5.82 Å². The molecule has 0 N–H and O–H groups in total. The molecule has 0 aliphatic heterocycles. The lowest BCUT2D eigenvalue weighted by atomic mass is 9.89. The van der Waals surface area contributed by atoms with Gasteiger partial charge in [0.05, 0.1) is 27.9 Å². The van der Waals surface area contributed by atoms with Gasteiger partial charge in [0.2, 0.25) is 5.95 Å². The standard InChI is InChI=1S/C38H27N5/c1-38(2)35-28(18-12-22-39-35)34-27-17-8-11-21-32(27)43(36(34)38)33-23-29(24-13-4-3-5-14-24)40-37(41-33)42-30-19-9-6-15-25(30)26-16-7-10-20-31(26)42/h3-23H,1-2H3. The first-order valence-corrected chi connectivity index (χ1v) is 14.6. The van der Waals surface area contributed by atoms with Crippen LogP contribution in [0, 0.1) is 0 Å². The minimum Gasteiger partial charge on any atom is -0.296 e. The number of benzene rings is 4. The first kappa shape index (κ1) is 24.1. The van der Waals surface area contributed by atoms with E-state index in [1.165, 1.54) is 33.0 Å². The van der Waals surface area contributed by atoms with E-state index in [-0.39, 0.29) is 5.41 Å². The van der Waals surface area contributed by atoms with Crippen molar-refractivity contribution in [3.05, 3.63) is 139 Å². The number of para-hydroxylation sites is 3. The average Bonchev–Trinajstić information content (AvgIpc) is 3.66. The summed E-state index contributed by atoms with van der Waals surface area (Å²) in [4.78, 5) is 15.5. The Bertz CT molecular complexity index is 2320. The molecule has 5 nitrogen and oxygen atoms in total. The van der Waals surface area contributed by atoms with Crippen molar-refractivity contribution in [3.63, 3.8) is 0 Å². The first-order chi connectivity index (χ1) is 21.1. The predicted molar refractivity (Wildman–Crippen MR) is 174 cm³/mol. The van der Waals surface area contributed by atoms with E-state index in [1.807, 2.05) is 18.3 Å².